The monoisotopic (exact) mass is 226 g/mol. The van der Waals surface area contributed by atoms with Gasteiger partial charge in [0.25, 0.3) is 0 Å². The van der Waals surface area contributed by atoms with Crippen LogP contribution in [-0.2, 0) is 9.53 Å². The van der Waals surface area contributed by atoms with Crippen LogP contribution in [0.1, 0.15) is 38.5 Å². The van der Waals surface area contributed by atoms with Gasteiger partial charge in [-0.3, -0.25) is 4.79 Å². The number of hydrogen-bond donors (Lipinski definition) is 2. The normalized spacial score (nSPS) is 34.9. The van der Waals surface area contributed by atoms with Crippen molar-refractivity contribution < 1.29 is 9.53 Å². The van der Waals surface area contributed by atoms with Gasteiger partial charge in [-0.25, -0.2) is 0 Å². The third kappa shape index (κ3) is 2.95. The first-order chi connectivity index (χ1) is 7.79. The van der Waals surface area contributed by atoms with Gasteiger partial charge in [-0.05, 0) is 45.6 Å². The van der Waals surface area contributed by atoms with Crippen LogP contribution in [-0.4, -0.2) is 37.7 Å². The Kier molecular flexibility index (Phi) is 4.18. The number of rotatable bonds is 3. The quantitative estimate of drug-likeness (QED) is 0.749. The summed E-state index contributed by atoms with van der Waals surface area (Å²) < 4.78 is 5.37. The first-order valence-corrected chi connectivity index (χ1v) is 6.39. The fourth-order valence-electron chi connectivity index (χ4n) is 2.60. The molecule has 1 atom stereocenters. The molecule has 1 unspecified atom stereocenters. The second-order valence-corrected chi connectivity index (χ2v) is 4.85. The maximum absolute atomic E-state index is 11.8. The highest BCUT2D eigenvalue weighted by Gasteiger charge is 2.27. The Morgan fingerprint density at radius 2 is 1.81 bits per heavy atom. The largest absolute Gasteiger partial charge is 0.368 e. The van der Waals surface area contributed by atoms with Crippen LogP contribution >= 0.6 is 0 Å². The van der Waals surface area contributed by atoms with E-state index < -0.39 is 0 Å². The predicted molar refractivity (Wildman–Crippen MR) is 62.2 cm³/mol. The zero-order valence-corrected chi connectivity index (χ0v) is 10.00. The Hall–Kier alpha value is -0.610. The topological polar surface area (TPSA) is 50.4 Å². The number of nitrogens with one attached hydrogen (secondary N) is 2. The third-order valence-electron chi connectivity index (χ3n) is 3.70. The van der Waals surface area contributed by atoms with Gasteiger partial charge in [0.15, 0.2) is 0 Å². The van der Waals surface area contributed by atoms with Gasteiger partial charge in [-0.2, -0.15) is 0 Å². The number of hydrogen-bond acceptors (Lipinski definition) is 3. The van der Waals surface area contributed by atoms with E-state index >= 15 is 0 Å². The van der Waals surface area contributed by atoms with Crippen molar-refractivity contribution in [2.24, 2.45) is 0 Å². The number of amides is 1. The zero-order valence-electron chi connectivity index (χ0n) is 10.00. The molecule has 1 heterocycles. The zero-order chi connectivity index (χ0) is 11.4. The molecule has 2 rings (SSSR count). The highest BCUT2D eigenvalue weighted by molar-refractivity contribution is 5.81. The molecule has 2 aliphatic rings. The molecule has 4 heteroatoms. The Morgan fingerprint density at radius 1 is 1.12 bits per heavy atom. The maximum atomic E-state index is 11.8. The summed E-state index contributed by atoms with van der Waals surface area (Å²) in [5.74, 6) is 0.102. The van der Waals surface area contributed by atoms with Gasteiger partial charge >= 0.3 is 0 Å². The van der Waals surface area contributed by atoms with Crippen LogP contribution in [0, 0.1) is 0 Å². The fraction of sp³-hybridized carbons (Fsp3) is 0.917. The Morgan fingerprint density at radius 3 is 2.38 bits per heavy atom. The van der Waals surface area contributed by atoms with Crippen molar-refractivity contribution in [1.29, 1.82) is 0 Å². The lowest BCUT2D eigenvalue weighted by Gasteiger charge is -2.29. The third-order valence-corrected chi connectivity index (χ3v) is 3.70. The lowest BCUT2D eigenvalue weighted by molar-refractivity contribution is -0.131. The average molecular weight is 226 g/mol. The van der Waals surface area contributed by atoms with Crippen LogP contribution in [0.25, 0.3) is 0 Å². The van der Waals surface area contributed by atoms with Crippen LogP contribution in [0.5, 0.6) is 0 Å². The highest BCUT2D eigenvalue weighted by Crippen LogP contribution is 2.19. The van der Waals surface area contributed by atoms with Crippen molar-refractivity contribution in [1.82, 2.24) is 10.6 Å². The van der Waals surface area contributed by atoms with Gasteiger partial charge in [0.2, 0.25) is 5.91 Å². The summed E-state index contributed by atoms with van der Waals surface area (Å²) in [7, 11) is 2.01. The van der Waals surface area contributed by atoms with E-state index in [9.17, 15) is 4.79 Å². The van der Waals surface area contributed by atoms with Gasteiger partial charge < -0.3 is 15.4 Å². The molecule has 2 N–H and O–H groups in total. The minimum Gasteiger partial charge on any atom is -0.368 e. The average Bonchev–Trinajstić information content (AvgIpc) is 2.83. The number of carbonyl (C=O) groups excluding carboxylic acids is 1. The van der Waals surface area contributed by atoms with E-state index in [-0.39, 0.29) is 12.0 Å². The second-order valence-electron chi connectivity index (χ2n) is 4.85. The van der Waals surface area contributed by atoms with E-state index in [1.165, 1.54) is 0 Å². The fourth-order valence-corrected chi connectivity index (χ4v) is 2.60. The van der Waals surface area contributed by atoms with Crippen molar-refractivity contribution in [3.05, 3.63) is 0 Å². The summed E-state index contributed by atoms with van der Waals surface area (Å²) in [6.45, 7) is 0.741. The van der Waals surface area contributed by atoms with Gasteiger partial charge in [-0.1, -0.05) is 0 Å². The smallest absolute Gasteiger partial charge is 0.249 e. The summed E-state index contributed by atoms with van der Waals surface area (Å²) in [5, 5.41) is 6.41. The van der Waals surface area contributed by atoms with Gasteiger partial charge in [0.1, 0.15) is 6.10 Å². The summed E-state index contributed by atoms with van der Waals surface area (Å²) in [4.78, 5) is 11.8. The van der Waals surface area contributed by atoms with E-state index in [0.717, 1.165) is 45.1 Å². The molecule has 0 radical (unpaired) electrons. The maximum Gasteiger partial charge on any atom is 0.249 e. The van der Waals surface area contributed by atoms with Crippen molar-refractivity contribution in [2.75, 3.05) is 13.7 Å². The minimum atomic E-state index is -0.179. The van der Waals surface area contributed by atoms with E-state index in [0.29, 0.717) is 12.1 Å². The summed E-state index contributed by atoms with van der Waals surface area (Å²) in [5.41, 5.74) is 0. The van der Waals surface area contributed by atoms with Crippen LogP contribution in [0.4, 0.5) is 0 Å². The van der Waals surface area contributed by atoms with Crippen molar-refractivity contribution in [3.63, 3.8) is 0 Å². The highest BCUT2D eigenvalue weighted by atomic mass is 16.5. The molecule has 1 aliphatic carbocycles. The molecule has 0 aromatic carbocycles. The molecular weight excluding hydrogens is 204 g/mol. The van der Waals surface area contributed by atoms with E-state index in [2.05, 4.69) is 10.6 Å². The molecule has 92 valence electrons. The van der Waals surface area contributed by atoms with E-state index in [1.807, 2.05) is 7.05 Å². The number of ether oxygens (including phenoxy) is 1. The molecule has 1 aliphatic heterocycles. The molecule has 0 aromatic rings. The molecular formula is C12H22N2O2. The predicted octanol–water partition coefficient (Wildman–Crippen LogP) is 0.812. The Labute approximate surface area is 97.1 Å². The molecule has 0 aromatic heterocycles. The van der Waals surface area contributed by atoms with Gasteiger partial charge in [0.05, 0.1) is 0 Å². The molecule has 0 spiro atoms. The Balaban J connectivity index is 1.71. The van der Waals surface area contributed by atoms with E-state index in [4.69, 9.17) is 4.74 Å². The minimum absolute atomic E-state index is 0.102. The first-order valence-electron chi connectivity index (χ1n) is 6.39. The van der Waals surface area contributed by atoms with Crippen LogP contribution in [0.15, 0.2) is 0 Å². The Bertz CT molecular complexity index is 231. The van der Waals surface area contributed by atoms with Gasteiger partial charge in [-0.15, -0.1) is 0 Å². The van der Waals surface area contributed by atoms with Crippen LogP contribution < -0.4 is 10.6 Å². The number of carbonyl (C=O) groups is 1. The van der Waals surface area contributed by atoms with Gasteiger partial charge in [0, 0.05) is 18.7 Å². The summed E-state index contributed by atoms with van der Waals surface area (Å²) in [6.07, 6.45) is 6.22. The SMILES string of the molecule is CNC1CCC(NC(=O)C2CCCO2)CC1. The molecule has 1 amide bonds. The molecule has 16 heavy (non-hydrogen) atoms. The van der Waals surface area contributed by atoms with Crippen LogP contribution in [0.2, 0.25) is 0 Å². The lowest BCUT2D eigenvalue weighted by atomic mass is 9.91. The molecule has 1 saturated carbocycles. The van der Waals surface area contributed by atoms with E-state index in [1.54, 1.807) is 0 Å². The molecule has 4 nitrogen and oxygen atoms in total. The van der Waals surface area contributed by atoms with Crippen molar-refractivity contribution in [3.8, 4) is 0 Å². The molecule has 2 fully saturated rings. The molecule has 0 bridgehead atoms. The van der Waals surface area contributed by atoms with Crippen LogP contribution in [0.3, 0.4) is 0 Å². The summed E-state index contributed by atoms with van der Waals surface area (Å²) >= 11 is 0. The first kappa shape index (κ1) is 11.9. The van der Waals surface area contributed by atoms with Crippen molar-refractivity contribution >= 4 is 5.91 Å². The second kappa shape index (κ2) is 5.64. The summed E-state index contributed by atoms with van der Waals surface area (Å²) in [6, 6.07) is 0.997. The van der Waals surface area contributed by atoms with Crippen molar-refractivity contribution in [2.45, 2.75) is 56.7 Å². The standard InChI is InChI=1S/C12H22N2O2/c1-13-9-4-6-10(7-5-9)14-12(15)11-3-2-8-16-11/h9-11,13H,2-8H2,1H3,(H,14,15). The molecule has 1 saturated heterocycles. The lowest BCUT2D eigenvalue weighted by Crippen LogP contribution is -2.44.